The third-order valence-corrected chi connectivity index (χ3v) is 10.2. The number of nitrogens with zero attached hydrogens (tertiary/aromatic N) is 3. The third kappa shape index (κ3) is 6.16. The van der Waals surface area contributed by atoms with E-state index in [0.29, 0.717) is 17.5 Å². The summed E-state index contributed by atoms with van der Waals surface area (Å²) in [7, 11) is 0. The van der Waals surface area contributed by atoms with E-state index >= 15 is 0 Å². The summed E-state index contributed by atoms with van der Waals surface area (Å²) >= 11 is 0. The molecule has 2 heterocycles. The molecule has 4 heteroatoms. The van der Waals surface area contributed by atoms with Crippen LogP contribution in [0.25, 0.3) is 101 Å². The average Bonchev–Trinajstić information content (AvgIpc) is 3.67. The van der Waals surface area contributed by atoms with E-state index in [1.165, 1.54) is 16.7 Å². The SMILES string of the molecule is c1ccc(-c2cccc(-c3ccc(-c4nc(-c5ccccc5)nc(-c5cccc6oc7c(-c8cccc(-c9ccccc9)c8)cccc7c56)n4)cc3)c2)cc1. The molecule has 0 bridgehead atoms. The van der Waals surface area contributed by atoms with E-state index in [1.807, 2.05) is 54.6 Å². The highest BCUT2D eigenvalue weighted by molar-refractivity contribution is 6.15. The summed E-state index contributed by atoms with van der Waals surface area (Å²) < 4.78 is 6.70. The van der Waals surface area contributed by atoms with Crippen molar-refractivity contribution in [3.8, 4) is 78.7 Å². The zero-order chi connectivity index (χ0) is 36.6. The van der Waals surface area contributed by atoms with E-state index in [1.54, 1.807) is 0 Å². The van der Waals surface area contributed by atoms with Gasteiger partial charge in [-0.2, -0.15) is 0 Å². The van der Waals surface area contributed by atoms with Gasteiger partial charge in [0.25, 0.3) is 0 Å². The molecule has 258 valence electrons. The van der Waals surface area contributed by atoms with Gasteiger partial charge in [-0.3, -0.25) is 0 Å². The molecule has 0 spiro atoms. The predicted octanol–water partition coefficient (Wildman–Crippen LogP) is 13.4. The number of rotatable bonds is 7. The molecular weight excluding hydrogens is 671 g/mol. The Kier molecular flexibility index (Phi) is 8.12. The van der Waals surface area contributed by atoms with Gasteiger partial charge in [0.05, 0.1) is 0 Å². The van der Waals surface area contributed by atoms with Crippen LogP contribution in [0.15, 0.2) is 205 Å². The van der Waals surface area contributed by atoms with Gasteiger partial charge in [-0.05, 0) is 57.1 Å². The number of hydrogen-bond acceptors (Lipinski definition) is 4. The molecule has 8 aromatic carbocycles. The quantitative estimate of drug-likeness (QED) is 0.166. The van der Waals surface area contributed by atoms with Crippen LogP contribution in [0.3, 0.4) is 0 Å². The van der Waals surface area contributed by atoms with Crippen molar-refractivity contribution in [2.24, 2.45) is 0 Å². The molecule has 10 rings (SSSR count). The minimum absolute atomic E-state index is 0.591. The topological polar surface area (TPSA) is 51.8 Å². The zero-order valence-corrected chi connectivity index (χ0v) is 29.8. The van der Waals surface area contributed by atoms with Gasteiger partial charge in [0, 0.05) is 33.0 Å². The molecular formula is C51H33N3O. The fraction of sp³-hybridized carbons (Fsp3) is 0. The molecule has 0 atom stereocenters. The summed E-state index contributed by atoms with van der Waals surface area (Å²) in [5, 5.41) is 1.99. The highest BCUT2D eigenvalue weighted by atomic mass is 16.3. The van der Waals surface area contributed by atoms with E-state index in [9.17, 15) is 0 Å². The molecule has 0 amide bonds. The van der Waals surface area contributed by atoms with Crippen LogP contribution in [0.4, 0.5) is 0 Å². The van der Waals surface area contributed by atoms with E-state index < -0.39 is 0 Å². The van der Waals surface area contributed by atoms with Gasteiger partial charge in [-0.15, -0.1) is 0 Å². The van der Waals surface area contributed by atoms with Crippen LogP contribution in [0.5, 0.6) is 0 Å². The van der Waals surface area contributed by atoms with Gasteiger partial charge in [0.2, 0.25) is 0 Å². The van der Waals surface area contributed by atoms with Crippen molar-refractivity contribution in [3.63, 3.8) is 0 Å². The molecule has 55 heavy (non-hydrogen) atoms. The Bertz CT molecular complexity index is 2950. The molecule has 0 saturated heterocycles. The lowest BCUT2D eigenvalue weighted by molar-refractivity contribution is 0.670. The number of furan rings is 1. The molecule has 0 N–H and O–H groups in total. The maximum atomic E-state index is 6.70. The Morgan fingerprint density at radius 1 is 0.291 bits per heavy atom. The molecule has 0 aliphatic rings. The van der Waals surface area contributed by atoms with E-state index in [2.05, 4.69) is 146 Å². The zero-order valence-electron chi connectivity index (χ0n) is 29.8. The van der Waals surface area contributed by atoms with Crippen molar-refractivity contribution in [2.45, 2.75) is 0 Å². The van der Waals surface area contributed by atoms with Crippen molar-refractivity contribution >= 4 is 21.9 Å². The number of fused-ring (bicyclic) bond motifs is 3. The van der Waals surface area contributed by atoms with Crippen molar-refractivity contribution in [1.29, 1.82) is 0 Å². The highest BCUT2D eigenvalue weighted by Gasteiger charge is 2.20. The van der Waals surface area contributed by atoms with Crippen LogP contribution in [0.2, 0.25) is 0 Å². The lowest BCUT2D eigenvalue weighted by atomic mass is 9.97. The molecule has 2 aromatic heterocycles. The molecule has 0 fully saturated rings. The Morgan fingerprint density at radius 2 is 0.709 bits per heavy atom. The summed E-state index contributed by atoms with van der Waals surface area (Å²) in [5.74, 6) is 1.81. The second-order valence-corrected chi connectivity index (χ2v) is 13.6. The molecule has 10 aromatic rings. The van der Waals surface area contributed by atoms with Crippen molar-refractivity contribution in [1.82, 2.24) is 15.0 Å². The van der Waals surface area contributed by atoms with Gasteiger partial charge in [-0.1, -0.05) is 182 Å². The van der Waals surface area contributed by atoms with Crippen LogP contribution in [-0.2, 0) is 0 Å². The normalized spacial score (nSPS) is 11.3. The third-order valence-electron chi connectivity index (χ3n) is 10.2. The number of para-hydroxylation sites is 1. The van der Waals surface area contributed by atoms with Crippen LogP contribution in [0.1, 0.15) is 0 Å². The smallest absolute Gasteiger partial charge is 0.164 e. The molecule has 0 aliphatic heterocycles. The summed E-state index contributed by atoms with van der Waals surface area (Å²) in [5.41, 5.74) is 13.5. The van der Waals surface area contributed by atoms with Gasteiger partial charge in [-0.25, -0.2) is 15.0 Å². The first-order valence-electron chi connectivity index (χ1n) is 18.4. The fourth-order valence-corrected chi connectivity index (χ4v) is 7.42. The number of aromatic nitrogens is 3. The van der Waals surface area contributed by atoms with Gasteiger partial charge >= 0.3 is 0 Å². The molecule has 0 radical (unpaired) electrons. The van der Waals surface area contributed by atoms with Crippen molar-refractivity contribution in [3.05, 3.63) is 200 Å². The first-order chi connectivity index (χ1) is 27.2. The lowest BCUT2D eigenvalue weighted by Crippen LogP contribution is -2.00. The summed E-state index contributed by atoms with van der Waals surface area (Å²) in [6.45, 7) is 0. The Labute approximate surface area is 319 Å². The second-order valence-electron chi connectivity index (χ2n) is 13.6. The minimum atomic E-state index is 0.591. The molecule has 4 nitrogen and oxygen atoms in total. The number of benzene rings is 8. The Hall–Kier alpha value is -7.43. The predicted molar refractivity (Wildman–Crippen MR) is 225 cm³/mol. The van der Waals surface area contributed by atoms with Crippen LogP contribution < -0.4 is 0 Å². The largest absolute Gasteiger partial charge is 0.455 e. The van der Waals surface area contributed by atoms with E-state index in [-0.39, 0.29) is 0 Å². The second kappa shape index (κ2) is 13.8. The standard InChI is InChI=1S/C51H33N3O/c1-4-14-34(15-5-1)39-20-10-21-40(32-39)36-28-30-38(31-29-36)50-52-49(37-18-8-3-9-19-37)53-51(54-50)45-26-13-27-46-47(45)44-25-12-24-43(48(44)55-46)42-23-11-22-41(33-42)35-16-6-2-7-17-35/h1-33H. The molecule has 0 unspecified atom stereocenters. The van der Waals surface area contributed by atoms with E-state index in [4.69, 9.17) is 19.4 Å². The Morgan fingerprint density at radius 3 is 1.33 bits per heavy atom. The fourth-order valence-electron chi connectivity index (χ4n) is 7.42. The summed E-state index contributed by atoms with van der Waals surface area (Å²) in [6, 6.07) is 69.3. The van der Waals surface area contributed by atoms with Gasteiger partial charge < -0.3 is 4.42 Å². The maximum Gasteiger partial charge on any atom is 0.164 e. The monoisotopic (exact) mass is 703 g/mol. The molecule has 0 saturated carbocycles. The minimum Gasteiger partial charge on any atom is -0.455 e. The van der Waals surface area contributed by atoms with Crippen molar-refractivity contribution < 1.29 is 4.42 Å². The van der Waals surface area contributed by atoms with E-state index in [0.717, 1.165) is 66.4 Å². The Balaban J connectivity index is 1.08. The first kappa shape index (κ1) is 32.2. The van der Waals surface area contributed by atoms with Crippen molar-refractivity contribution in [2.75, 3.05) is 0 Å². The van der Waals surface area contributed by atoms with Crippen LogP contribution in [0, 0.1) is 0 Å². The van der Waals surface area contributed by atoms with Gasteiger partial charge in [0.1, 0.15) is 11.2 Å². The van der Waals surface area contributed by atoms with Crippen LogP contribution >= 0.6 is 0 Å². The summed E-state index contributed by atoms with van der Waals surface area (Å²) in [4.78, 5) is 15.3. The van der Waals surface area contributed by atoms with Crippen LogP contribution in [-0.4, -0.2) is 15.0 Å². The number of hydrogen-bond donors (Lipinski definition) is 0. The summed E-state index contributed by atoms with van der Waals surface area (Å²) in [6.07, 6.45) is 0. The maximum absolute atomic E-state index is 6.70. The first-order valence-corrected chi connectivity index (χ1v) is 18.4. The lowest BCUT2D eigenvalue weighted by Gasteiger charge is -2.10. The molecule has 0 aliphatic carbocycles. The average molecular weight is 704 g/mol. The van der Waals surface area contributed by atoms with Gasteiger partial charge in [0.15, 0.2) is 17.5 Å². The highest BCUT2D eigenvalue weighted by Crippen LogP contribution is 2.41.